The van der Waals surface area contributed by atoms with Crippen molar-refractivity contribution in [3.63, 3.8) is 0 Å². The summed E-state index contributed by atoms with van der Waals surface area (Å²) in [5.74, 6) is -0.623. The Bertz CT molecular complexity index is 867. The average molecular weight is 396 g/mol. The van der Waals surface area contributed by atoms with Crippen molar-refractivity contribution in [1.82, 2.24) is 9.99 Å². The lowest BCUT2D eigenvalue weighted by molar-refractivity contribution is -0.133. The van der Waals surface area contributed by atoms with Crippen molar-refractivity contribution in [3.05, 3.63) is 10.6 Å². The fourth-order valence-electron chi connectivity index (χ4n) is 3.56. The molecular formula is C16H20N4O4S2. The number of fused-ring (bicyclic) bond motifs is 1. The van der Waals surface area contributed by atoms with Crippen molar-refractivity contribution in [3.8, 4) is 0 Å². The number of sulfone groups is 1. The standard InChI is InChI=1S/C16H20N4O4S2/c21-14-6-5-12(19-20(14)10-7-8-26(23,24)9-10)15(22)18-16-17-11-3-1-2-4-13(11)25-16/h10H,1-9H2,(H,17,18,22)/t10-/m0/s1. The fraction of sp³-hybridized carbons (Fsp3) is 0.625. The minimum atomic E-state index is -3.13. The number of carbonyl (C=O) groups excluding carboxylic acids is 2. The molecule has 26 heavy (non-hydrogen) atoms. The van der Waals surface area contributed by atoms with Gasteiger partial charge in [0.25, 0.3) is 5.91 Å². The van der Waals surface area contributed by atoms with Crippen LogP contribution in [-0.4, -0.2) is 53.5 Å². The van der Waals surface area contributed by atoms with Gasteiger partial charge in [-0.3, -0.25) is 14.9 Å². The topological polar surface area (TPSA) is 109 Å². The molecule has 0 unspecified atom stereocenters. The van der Waals surface area contributed by atoms with Gasteiger partial charge in [-0.2, -0.15) is 5.10 Å². The van der Waals surface area contributed by atoms with Gasteiger partial charge >= 0.3 is 0 Å². The third-order valence-electron chi connectivity index (χ3n) is 4.94. The van der Waals surface area contributed by atoms with E-state index in [1.54, 1.807) is 0 Å². The molecule has 1 aliphatic carbocycles. The van der Waals surface area contributed by atoms with E-state index in [9.17, 15) is 18.0 Å². The molecular weight excluding hydrogens is 376 g/mol. The molecule has 3 aliphatic rings. The predicted octanol–water partition coefficient (Wildman–Crippen LogP) is 1.13. The first-order chi connectivity index (χ1) is 12.4. The van der Waals surface area contributed by atoms with Crippen LogP contribution >= 0.6 is 11.3 Å². The summed E-state index contributed by atoms with van der Waals surface area (Å²) in [5, 5.41) is 8.75. The van der Waals surface area contributed by atoms with Crippen molar-refractivity contribution < 1.29 is 18.0 Å². The molecule has 0 radical (unpaired) electrons. The quantitative estimate of drug-likeness (QED) is 0.824. The molecule has 1 saturated heterocycles. The maximum absolute atomic E-state index is 12.5. The molecule has 1 atom stereocenters. The number of carbonyl (C=O) groups is 2. The van der Waals surface area contributed by atoms with Crippen LogP contribution in [0.1, 0.15) is 42.7 Å². The van der Waals surface area contributed by atoms with E-state index in [0.29, 0.717) is 11.6 Å². The third-order valence-corrected chi connectivity index (χ3v) is 7.77. The number of aryl methyl sites for hydroxylation is 2. The number of thiazole rings is 1. The first-order valence-electron chi connectivity index (χ1n) is 8.81. The van der Waals surface area contributed by atoms with Crippen LogP contribution in [0.2, 0.25) is 0 Å². The van der Waals surface area contributed by atoms with Crippen LogP contribution in [0.15, 0.2) is 5.10 Å². The van der Waals surface area contributed by atoms with E-state index < -0.39 is 15.9 Å². The van der Waals surface area contributed by atoms with E-state index in [0.717, 1.165) is 31.4 Å². The Balaban J connectivity index is 1.49. The first-order valence-corrected chi connectivity index (χ1v) is 11.4. The number of nitrogens with one attached hydrogen (secondary N) is 1. The molecule has 4 rings (SSSR count). The summed E-state index contributed by atoms with van der Waals surface area (Å²) >= 11 is 1.50. The van der Waals surface area contributed by atoms with Crippen molar-refractivity contribution in [2.24, 2.45) is 5.10 Å². The highest BCUT2D eigenvalue weighted by Gasteiger charge is 2.37. The first kappa shape index (κ1) is 17.6. The molecule has 0 bridgehead atoms. The molecule has 3 heterocycles. The lowest BCUT2D eigenvalue weighted by atomic mass is 10.0. The largest absolute Gasteiger partial charge is 0.297 e. The van der Waals surface area contributed by atoms with Crippen molar-refractivity contribution in [2.45, 2.75) is 51.0 Å². The monoisotopic (exact) mass is 396 g/mol. The number of rotatable bonds is 3. The predicted molar refractivity (Wildman–Crippen MR) is 98.0 cm³/mol. The molecule has 1 aromatic rings. The molecule has 0 saturated carbocycles. The van der Waals surface area contributed by atoms with E-state index in [1.165, 1.54) is 21.2 Å². The Morgan fingerprint density at radius 2 is 2.00 bits per heavy atom. The van der Waals surface area contributed by atoms with Crippen molar-refractivity contribution in [2.75, 3.05) is 16.8 Å². The minimum absolute atomic E-state index is 0.0587. The van der Waals surface area contributed by atoms with E-state index in [4.69, 9.17) is 0 Å². The number of nitrogens with zero attached hydrogens (tertiary/aromatic N) is 3. The van der Waals surface area contributed by atoms with Crippen LogP contribution < -0.4 is 5.32 Å². The Kier molecular flexibility index (Phi) is 4.55. The lowest BCUT2D eigenvalue weighted by Gasteiger charge is -2.27. The zero-order valence-electron chi connectivity index (χ0n) is 14.2. The van der Waals surface area contributed by atoms with E-state index in [-0.39, 0.29) is 41.9 Å². The molecule has 2 aliphatic heterocycles. The second kappa shape index (κ2) is 6.73. The second-order valence-corrected chi connectivity index (χ2v) is 10.2. The van der Waals surface area contributed by atoms with Gasteiger partial charge in [0.05, 0.1) is 23.2 Å². The summed E-state index contributed by atoms with van der Waals surface area (Å²) in [6.07, 6.45) is 5.01. The van der Waals surface area contributed by atoms with Gasteiger partial charge in [0.1, 0.15) is 5.71 Å². The number of aromatic nitrogens is 1. The Labute approximate surface area is 155 Å². The highest BCUT2D eigenvalue weighted by atomic mass is 32.2. The van der Waals surface area contributed by atoms with Gasteiger partial charge in [-0.15, -0.1) is 11.3 Å². The molecule has 8 nitrogen and oxygen atoms in total. The zero-order chi connectivity index (χ0) is 18.3. The van der Waals surface area contributed by atoms with Gasteiger partial charge in [-0.25, -0.2) is 18.4 Å². The number of hydrogen-bond donors (Lipinski definition) is 1. The lowest BCUT2D eigenvalue weighted by Crippen LogP contribution is -2.42. The molecule has 10 heteroatoms. The average Bonchev–Trinajstić information content (AvgIpc) is 3.17. The molecule has 0 aromatic carbocycles. The van der Waals surface area contributed by atoms with Crippen LogP contribution in [0.5, 0.6) is 0 Å². The Morgan fingerprint density at radius 1 is 1.19 bits per heavy atom. The normalized spacial score (nSPS) is 24.9. The molecule has 140 valence electrons. The molecule has 1 fully saturated rings. The molecule has 2 amide bonds. The fourth-order valence-corrected chi connectivity index (χ4v) is 6.30. The van der Waals surface area contributed by atoms with Gasteiger partial charge in [-0.05, 0) is 32.1 Å². The van der Waals surface area contributed by atoms with Crippen LogP contribution in [-0.2, 0) is 32.3 Å². The smallest absolute Gasteiger partial charge is 0.273 e. The van der Waals surface area contributed by atoms with Crippen LogP contribution in [0.25, 0.3) is 0 Å². The van der Waals surface area contributed by atoms with Gasteiger partial charge in [0, 0.05) is 17.7 Å². The van der Waals surface area contributed by atoms with Crippen LogP contribution in [0.3, 0.4) is 0 Å². The molecule has 1 aromatic heterocycles. The maximum Gasteiger partial charge on any atom is 0.273 e. The van der Waals surface area contributed by atoms with Gasteiger partial charge in [0.15, 0.2) is 15.0 Å². The summed E-state index contributed by atoms with van der Waals surface area (Å²) in [4.78, 5) is 30.4. The minimum Gasteiger partial charge on any atom is -0.297 e. The van der Waals surface area contributed by atoms with Crippen molar-refractivity contribution in [1.29, 1.82) is 0 Å². The summed E-state index contributed by atoms with van der Waals surface area (Å²) in [7, 11) is -3.13. The van der Waals surface area contributed by atoms with E-state index in [2.05, 4.69) is 15.4 Å². The third kappa shape index (κ3) is 3.52. The maximum atomic E-state index is 12.5. The summed E-state index contributed by atoms with van der Waals surface area (Å²) in [6, 6.07) is -0.470. The highest BCUT2D eigenvalue weighted by molar-refractivity contribution is 7.91. The SMILES string of the molecule is O=C(Nc1nc2c(s1)CCCC2)C1=NN([C@H]2CCS(=O)(=O)C2)C(=O)CC1. The Morgan fingerprint density at radius 3 is 2.73 bits per heavy atom. The van der Waals surface area contributed by atoms with Gasteiger partial charge in [-0.1, -0.05) is 0 Å². The van der Waals surface area contributed by atoms with E-state index in [1.807, 2.05) is 0 Å². The number of amides is 2. The van der Waals surface area contributed by atoms with Crippen molar-refractivity contribution >= 4 is 43.8 Å². The number of hydrogen-bond acceptors (Lipinski definition) is 7. The number of hydrazone groups is 1. The summed E-state index contributed by atoms with van der Waals surface area (Å²) in [5.41, 5.74) is 1.32. The zero-order valence-corrected chi connectivity index (χ0v) is 15.9. The van der Waals surface area contributed by atoms with Gasteiger partial charge < -0.3 is 0 Å². The highest BCUT2D eigenvalue weighted by Crippen LogP contribution is 2.30. The molecule has 1 N–H and O–H groups in total. The van der Waals surface area contributed by atoms with Crippen LogP contribution in [0.4, 0.5) is 5.13 Å². The molecule has 0 spiro atoms. The summed E-state index contributed by atoms with van der Waals surface area (Å²) < 4.78 is 23.3. The second-order valence-electron chi connectivity index (χ2n) is 6.89. The number of anilines is 1. The Hall–Kier alpha value is -1.81. The van der Waals surface area contributed by atoms with E-state index >= 15 is 0 Å². The van der Waals surface area contributed by atoms with Crippen LogP contribution in [0, 0.1) is 0 Å². The summed E-state index contributed by atoms with van der Waals surface area (Å²) in [6.45, 7) is 0. The van der Waals surface area contributed by atoms with Gasteiger partial charge in [0.2, 0.25) is 5.91 Å².